The number of hydrogen-bond acceptors (Lipinski definition) is 2. The van der Waals surface area contributed by atoms with E-state index in [4.69, 9.17) is 11.6 Å². The van der Waals surface area contributed by atoms with Crippen molar-refractivity contribution in [2.75, 3.05) is 18.9 Å². The van der Waals surface area contributed by atoms with E-state index in [1.165, 1.54) is 30.1 Å². The zero-order valence-corrected chi connectivity index (χ0v) is 15.2. The van der Waals surface area contributed by atoms with Crippen LogP contribution >= 0.6 is 11.6 Å². The van der Waals surface area contributed by atoms with Gasteiger partial charge >= 0.3 is 0 Å². The Hall–Kier alpha value is -2.40. The molecule has 0 aromatic heterocycles. The first-order chi connectivity index (χ1) is 11.8. The van der Waals surface area contributed by atoms with Crippen molar-refractivity contribution in [2.45, 2.75) is 20.3 Å². The summed E-state index contributed by atoms with van der Waals surface area (Å²) >= 11 is 5.94. The van der Waals surface area contributed by atoms with E-state index in [0.717, 1.165) is 16.8 Å². The zero-order valence-electron chi connectivity index (χ0n) is 14.4. The Morgan fingerprint density at radius 3 is 2.32 bits per heavy atom. The fourth-order valence-electron chi connectivity index (χ4n) is 2.48. The summed E-state index contributed by atoms with van der Waals surface area (Å²) in [5.41, 5.74) is 2.77. The standard InChI is InChI=1S/C19H20ClFN2O2/c1-12-6-4-7-13(2)19(12)22-17(24)11-23(3)18(25)10-14-15(20)8-5-9-16(14)21/h4-9H,10-11H2,1-3H3,(H,22,24). The van der Waals surface area contributed by atoms with Gasteiger partial charge in [-0.15, -0.1) is 0 Å². The molecule has 2 rings (SSSR count). The number of rotatable bonds is 5. The lowest BCUT2D eigenvalue weighted by atomic mass is 10.1. The molecule has 0 radical (unpaired) electrons. The first-order valence-corrected chi connectivity index (χ1v) is 8.20. The highest BCUT2D eigenvalue weighted by molar-refractivity contribution is 6.31. The minimum atomic E-state index is -0.533. The molecule has 0 bridgehead atoms. The topological polar surface area (TPSA) is 49.4 Å². The molecule has 1 N–H and O–H groups in total. The highest BCUT2D eigenvalue weighted by Crippen LogP contribution is 2.21. The highest BCUT2D eigenvalue weighted by Gasteiger charge is 2.18. The molecular weight excluding hydrogens is 343 g/mol. The largest absolute Gasteiger partial charge is 0.336 e. The van der Waals surface area contributed by atoms with E-state index < -0.39 is 5.82 Å². The molecule has 132 valence electrons. The van der Waals surface area contributed by atoms with Gasteiger partial charge in [-0.1, -0.05) is 35.9 Å². The Balaban J connectivity index is 2.00. The summed E-state index contributed by atoms with van der Waals surface area (Å²) in [6, 6.07) is 9.97. The monoisotopic (exact) mass is 362 g/mol. The number of halogens is 2. The van der Waals surface area contributed by atoms with Crippen LogP contribution in [0.1, 0.15) is 16.7 Å². The number of likely N-dealkylation sites (N-methyl/N-ethyl adjacent to an activating group) is 1. The van der Waals surface area contributed by atoms with Crippen LogP contribution in [-0.2, 0) is 16.0 Å². The van der Waals surface area contributed by atoms with Gasteiger partial charge in [0.1, 0.15) is 5.82 Å². The summed E-state index contributed by atoms with van der Waals surface area (Å²) in [5.74, 6) is -1.23. The van der Waals surface area contributed by atoms with E-state index in [9.17, 15) is 14.0 Å². The summed E-state index contributed by atoms with van der Waals surface area (Å²) in [6.07, 6.45) is -0.196. The molecule has 2 aromatic carbocycles. The van der Waals surface area contributed by atoms with Gasteiger partial charge < -0.3 is 10.2 Å². The molecule has 0 aliphatic carbocycles. The second-order valence-corrected chi connectivity index (χ2v) is 6.35. The quantitative estimate of drug-likeness (QED) is 0.881. The molecule has 0 aliphatic heterocycles. The molecule has 0 fully saturated rings. The number of nitrogens with zero attached hydrogens (tertiary/aromatic N) is 1. The van der Waals surface area contributed by atoms with Gasteiger partial charge in [0.15, 0.2) is 0 Å². The molecule has 25 heavy (non-hydrogen) atoms. The number of carbonyl (C=O) groups is 2. The van der Waals surface area contributed by atoms with Gasteiger partial charge in [-0.25, -0.2) is 4.39 Å². The third-order valence-corrected chi connectivity index (χ3v) is 4.30. The van der Waals surface area contributed by atoms with E-state index >= 15 is 0 Å². The van der Waals surface area contributed by atoms with E-state index in [0.29, 0.717) is 0 Å². The van der Waals surface area contributed by atoms with Gasteiger partial charge in [-0.05, 0) is 37.1 Å². The smallest absolute Gasteiger partial charge is 0.243 e. The molecular formula is C19H20ClFN2O2. The van der Waals surface area contributed by atoms with Crippen LogP contribution in [0, 0.1) is 19.7 Å². The Bertz CT molecular complexity index is 768. The van der Waals surface area contributed by atoms with Crippen molar-refractivity contribution in [1.82, 2.24) is 4.90 Å². The lowest BCUT2D eigenvalue weighted by Crippen LogP contribution is -2.36. The van der Waals surface area contributed by atoms with Gasteiger partial charge in [0, 0.05) is 23.3 Å². The second kappa shape index (κ2) is 8.12. The molecule has 2 aromatic rings. The van der Waals surface area contributed by atoms with E-state index in [2.05, 4.69) is 5.32 Å². The van der Waals surface area contributed by atoms with Crippen molar-refractivity contribution in [3.8, 4) is 0 Å². The molecule has 2 amide bonds. The van der Waals surface area contributed by atoms with Gasteiger partial charge in [0.05, 0.1) is 13.0 Å². The number of benzene rings is 2. The number of hydrogen-bond donors (Lipinski definition) is 1. The number of aryl methyl sites for hydroxylation is 2. The predicted octanol–water partition coefficient (Wildman–Crippen LogP) is 3.74. The Morgan fingerprint density at radius 1 is 1.12 bits per heavy atom. The van der Waals surface area contributed by atoms with Crippen molar-refractivity contribution < 1.29 is 14.0 Å². The second-order valence-electron chi connectivity index (χ2n) is 5.94. The summed E-state index contributed by atoms with van der Waals surface area (Å²) in [4.78, 5) is 25.7. The molecule has 4 nitrogen and oxygen atoms in total. The number of amides is 2. The SMILES string of the molecule is Cc1cccc(C)c1NC(=O)CN(C)C(=O)Cc1c(F)cccc1Cl. The maximum absolute atomic E-state index is 13.8. The minimum Gasteiger partial charge on any atom is -0.336 e. The van der Waals surface area contributed by atoms with Gasteiger partial charge in [-0.2, -0.15) is 0 Å². The molecule has 0 heterocycles. The Labute approximate surface area is 151 Å². The molecule has 0 unspecified atom stereocenters. The van der Waals surface area contributed by atoms with Crippen molar-refractivity contribution >= 4 is 29.1 Å². The third-order valence-electron chi connectivity index (χ3n) is 3.94. The lowest BCUT2D eigenvalue weighted by molar-refractivity contribution is -0.132. The molecule has 0 atom stereocenters. The maximum atomic E-state index is 13.8. The zero-order chi connectivity index (χ0) is 18.6. The first-order valence-electron chi connectivity index (χ1n) is 7.82. The summed E-state index contributed by atoms with van der Waals surface area (Å²) in [6.45, 7) is 3.67. The van der Waals surface area contributed by atoms with Crippen LogP contribution in [-0.4, -0.2) is 30.3 Å². The lowest BCUT2D eigenvalue weighted by Gasteiger charge is -2.18. The van der Waals surface area contributed by atoms with Gasteiger partial charge in [0.25, 0.3) is 0 Å². The average Bonchev–Trinajstić information content (AvgIpc) is 2.54. The van der Waals surface area contributed by atoms with E-state index in [1.54, 1.807) is 0 Å². The van der Waals surface area contributed by atoms with Crippen LogP contribution in [0.25, 0.3) is 0 Å². The van der Waals surface area contributed by atoms with Crippen molar-refractivity contribution in [1.29, 1.82) is 0 Å². The molecule has 0 saturated heterocycles. The first kappa shape index (κ1) is 18.9. The summed E-state index contributed by atoms with van der Waals surface area (Å²) in [5, 5.41) is 3.01. The van der Waals surface area contributed by atoms with Crippen LogP contribution in [0.15, 0.2) is 36.4 Å². The van der Waals surface area contributed by atoms with E-state index in [1.807, 2.05) is 32.0 Å². The van der Waals surface area contributed by atoms with Crippen molar-refractivity contribution in [2.24, 2.45) is 0 Å². The van der Waals surface area contributed by atoms with Crippen molar-refractivity contribution in [3.63, 3.8) is 0 Å². The minimum absolute atomic E-state index is 0.126. The van der Waals surface area contributed by atoms with Crippen LogP contribution in [0.2, 0.25) is 5.02 Å². The Kier molecular flexibility index (Phi) is 6.15. The van der Waals surface area contributed by atoms with Gasteiger partial charge in [0.2, 0.25) is 11.8 Å². The van der Waals surface area contributed by atoms with Crippen molar-refractivity contribution in [3.05, 3.63) is 63.9 Å². The fraction of sp³-hybridized carbons (Fsp3) is 0.263. The number of nitrogens with one attached hydrogen (secondary N) is 1. The Morgan fingerprint density at radius 2 is 1.72 bits per heavy atom. The maximum Gasteiger partial charge on any atom is 0.243 e. The average molecular weight is 363 g/mol. The fourth-order valence-corrected chi connectivity index (χ4v) is 2.71. The van der Waals surface area contributed by atoms with Crippen LogP contribution in [0.5, 0.6) is 0 Å². The molecule has 6 heteroatoms. The number of para-hydroxylation sites is 1. The van der Waals surface area contributed by atoms with Gasteiger partial charge in [-0.3, -0.25) is 9.59 Å². The molecule has 0 spiro atoms. The van der Waals surface area contributed by atoms with E-state index in [-0.39, 0.29) is 35.4 Å². The van der Waals surface area contributed by atoms with Crippen LogP contribution in [0.4, 0.5) is 10.1 Å². The molecule has 0 aliphatic rings. The highest BCUT2D eigenvalue weighted by atomic mass is 35.5. The summed E-state index contributed by atoms with van der Waals surface area (Å²) in [7, 11) is 1.50. The number of carbonyl (C=O) groups excluding carboxylic acids is 2. The summed E-state index contributed by atoms with van der Waals surface area (Å²) < 4.78 is 13.8. The van der Waals surface area contributed by atoms with Crippen LogP contribution in [0.3, 0.4) is 0 Å². The number of anilines is 1. The third kappa shape index (κ3) is 4.79. The normalized spacial score (nSPS) is 10.4. The van der Waals surface area contributed by atoms with Crippen LogP contribution < -0.4 is 5.32 Å². The molecule has 0 saturated carbocycles. The predicted molar refractivity (Wildman–Crippen MR) is 97.3 cm³/mol.